The lowest BCUT2D eigenvalue weighted by Gasteiger charge is -2.12. The van der Waals surface area contributed by atoms with Gasteiger partial charge in [0.25, 0.3) is 5.91 Å². The summed E-state index contributed by atoms with van der Waals surface area (Å²) in [7, 11) is 0. The molecule has 1 amide bonds. The van der Waals surface area contributed by atoms with Gasteiger partial charge in [-0.05, 0) is 74.6 Å². The zero-order valence-electron chi connectivity index (χ0n) is 18.5. The predicted octanol–water partition coefficient (Wildman–Crippen LogP) is 4.47. The number of hydrogen-bond acceptors (Lipinski definition) is 4. The molecule has 0 spiro atoms. The Kier molecular flexibility index (Phi) is 7.60. The van der Waals surface area contributed by atoms with Crippen LogP contribution in [0.5, 0.6) is 0 Å². The molecule has 0 unspecified atom stereocenters. The van der Waals surface area contributed by atoms with Crippen molar-refractivity contribution in [1.82, 2.24) is 4.57 Å². The third kappa shape index (κ3) is 6.08. The van der Waals surface area contributed by atoms with Crippen LogP contribution in [0, 0.1) is 44.9 Å². The Balaban J connectivity index is 2.06. The average molecular weight is 408 g/mol. The van der Waals surface area contributed by atoms with Crippen LogP contribution in [0.3, 0.4) is 0 Å². The molecule has 0 bridgehead atoms. The quantitative estimate of drug-likeness (QED) is 0.417. The van der Waals surface area contributed by atoms with E-state index in [9.17, 15) is 14.9 Å². The summed E-state index contributed by atoms with van der Waals surface area (Å²) in [4.78, 5) is 24.4. The summed E-state index contributed by atoms with van der Waals surface area (Å²) in [6.07, 6.45) is 1.52. The predicted molar refractivity (Wildman–Crippen MR) is 118 cm³/mol. The lowest BCUT2D eigenvalue weighted by Crippen LogP contribution is -2.21. The van der Waals surface area contributed by atoms with Crippen molar-refractivity contribution in [2.75, 3.05) is 11.9 Å². The molecule has 0 aliphatic carbocycles. The first-order chi connectivity index (χ1) is 14.1. The summed E-state index contributed by atoms with van der Waals surface area (Å²) in [5.41, 5.74) is 5.38. The Morgan fingerprint density at radius 3 is 2.33 bits per heavy atom. The van der Waals surface area contributed by atoms with Gasteiger partial charge < -0.3 is 14.6 Å². The summed E-state index contributed by atoms with van der Waals surface area (Å²) >= 11 is 0. The van der Waals surface area contributed by atoms with Gasteiger partial charge in [0.2, 0.25) is 0 Å². The van der Waals surface area contributed by atoms with E-state index in [1.165, 1.54) is 6.08 Å². The first kappa shape index (κ1) is 23.0. The number of nitrogens with one attached hydrogen (secondary N) is 1. The highest BCUT2D eigenvalue weighted by molar-refractivity contribution is 6.00. The molecule has 1 aromatic heterocycles. The Hall–Kier alpha value is -3.33. The van der Waals surface area contributed by atoms with Gasteiger partial charge in [-0.25, -0.2) is 4.79 Å². The molecule has 0 saturated heterocycles. The van der Waals surface area contributed by atoms with Crippen LogP contribution < -0.4 is 5.32 Å². The van der Waals surface area contributed by atoms with Crippen molar-refractivity contribution >= 4 is 23.6 Å². The number of ether oxygens (including phenoxy) is 1. The van der Waals surface area contributed by atoms with Crippen LogP contribution in [0.25, 0.3) is 6.08 Å². The topological polar surface area (TPSA) is 84.1 Å². The number of nitrogens with zero attached hydrogens (tertiary/aromatic N) is 2. The summed E-state index contributed by atoms with van der Waals surface area (Å²) < 4.78 is 7.22. The molecule has 2 aromatic rings. The first-order valence-corrected chi connectivity index (χ1v) is 9.94. The molecule has 0 fully saturated rings. The monoisotopic (exact) mass is 407 g/mol. The summed E-state index contributed by atoms with van der Waals surface area (Å²) in [6.45, 7) is 12.5. The minimum Gasteiger partial charge on any atom is -0.451 e. The number of carbonyl (C=O) groups is 2. The number of esters is 1. The molecular weight excluding hydrogens is 378 g/mol. The molecule has 1 heterocycles. The average Bonchev–Trinajstić information content (AvgIpc) is 2.90. The van der Waals surface area contributed by atoms with E-state index in [1.54, 1.807) is 0 Å². The number of nitriles is 1. The van der Waals surface area contributed by atoms with Crippen molar-refractivity contribution in [3.8, 4) is 6.07 Å². The molecule has 6 heteroatoms. The molecule has 158 valence electrons. The van der Waals surface area contributed by atoms with Crippen LogP contribution in [0.15, 0.2) is 29.8 Å². The van der Waals surface area contributed by atoms with E-state index in [-0.39, 0.29) is 5.57 Å². The molecule has 1 N–H and O–H groups in total. The van der Waals surface area contributed by atoms with E-state index in [1.807, 2.05) is 58.0 Å². The molecule has 0 aliphatic rings. The van der Waals surface area contributed by atoms with Gasteiger partial charge in [-0.3, -0.25) is 4.79 Å². The molecule has 2 rings (SSSR count). The lowest BCUT2D eigenvalue weighted by molar-refractivity contribution is -0.142. The highest BCUT2D eigenvalue weighted by Gasteiger charge is 2.16. The summed E-state index contributed by atoms with van der Waals surface area (Å²) in [6, 6.07) is 9.49. The summed E-state index contributed by atoms with van der Waals surface area (Å²) in [5.74, 6) is -0.801. The second-order valence-electron chi connectivity index (χ2n) is 8.00. The van der Waals surface area contributed by atoms with Crippen LogP contribution in [-0.2, 0) is 20.9 Å². The van der Waals surface area contributed by atoms with Gasteiger partial charge in [-0.1, -0.05) is 19.9 Å². The Morgan fingerprint density at radius 1 is 1.13 bits per heavy atom. The second-order valence-corrected chi connectivity index (χ2v) is 8.00. The number of aromatic nitrogens is 1. The van der Waals surface area contributed by atoms with Gasteiger partial charge in [-0.15, -0.1) is 0 Å². The Labute approximate surface area is 178 Å². The minimum absolute atomic E-state index is 0.140. The van der Waals surface area contributed by atoms with Crippen LogP contribution in [0.1, 0.15) is 41.9 Å². The fraction of sp³-hybridized carbons (Fsp3) is 0.375. The maximum Gasteiger partial charge on any atom is 0.349 e. The van der Waals surface area contributed by atoms with Crippen molar-refractivity contribution in [3.05, 3.63) is 57.9 Å². The molecule has 1 aromatic carbocycles. The number of benzene rings is 1. The van der Waals surface area contributed by atoms with Gasteiger partial charge in [0.05, 0.1) is 0 Å². The number of carbonyl (C=O) groups excluding carboxylic acids is 2. The van der Waals surface area contributed by atoms with Gasteiger partial charge >= 0.3 is 5.97 Å². The maximum atomic E-state index is 12.3. The van der Waals surface area contributed by atoms with E-state index in [4.69, 9.17) is 4.74 Å². The smallest absolute Gasteiger partial charge is 0.349 e. The van der Waals surface area contributed by atoms with Crippen molar-refractivity contribution in [1.29, 1.82) is 5.26 Å². The Morgan fingerprint density at radius 2 is 1.77 bits per heavy atom. The van der Waals surface area contributed by atoms with Gasteiger partial charge in [0, 0.05) is 23.6 Å². The normalized spacial score (nSPS) is 11.3. The molecule has 30 heavy (non-hydrogen) atoms. The van der Waals surface area contributed by atoms with Gasteiger partial charge in [0.15, 0.2) is 6.61 Å². The van der Waals surface area contributed by atoms with Crippen LogP contribution in [0.2, 0.25) is 0 Å². The van der Waals surface area contributed by atoms with E-state index in [2.05, 4.69) is 23.7 Å². The number of rotatable bonds is 7. The van der Waals surface area contributed by atoms with Gasteiger partial charge in [-0.2, -0.15) is 5.26 Å². The van der Waals surface area contributed by atoms with E-state index < -0.39 is 18.5 Å². The van der Waals surface area contributed by atoms with Crippen molar-refractivity contribution < 1.29 is 14.3 Å². The molecule has 0 radical (unpaired) electrons. The number of aryl methyl sites for hydroxylation is 3. The number of anilines is 1. The van der Waals surface area contributed by atoms with Crippen LogP contribution >= 0.6 is 0 Å². The van der Waals surface area contributed by atoms with Crippen LogP contribution in [-0.4, -0.2) is 23.1 Å². The SMILES string of the molecule is Cc1cc(C)cc(NC(=O)COC(=O)/C(C#N)=C/c2cc(C)n(CC(C)C)c2C)c1. The highest BCUT2D eigenvalue weighted by atomic mass is 16.5. The van der Waals surface area contributed by atoms with Gasteiger partial charge in [0.1, 0.15) is 11.6 Å². The van der Waals surface area contributed by atoms with E-state index >= 15 is 0 Å². The molecule has 0 atom stereocenters. The fourth-order valence-electron chi connectivity index (χ4n) is 3.37. The molecular formula is C24H29N3O3. The molecule has 0 aliphatic heterocycles. The molecule has 6 nitrogen and oxygen atoms in total. The maximum absolute atomic E-state index is 12.3. The molecule has 0 saturated carbocycles. The Bertz CT molecular complexity index is 1000. The number of hydrogen-bond donors (Lipinski definition) is 1. The zero-order valence-corrected chi connectivity index (χ0v) is 18.5. The largest absolute Gasteiger partial charge is 0.451 e. The van der Waals surface area contributed by atoms with Crippen molar-refractivity contribution in [2.45, 2.75) is 48.1 Å². The zero-order chi connectivity index (χ0) is 22.4. The van der Waals surface area contributed by atoms with E-state index in [0.29, 0.717) is 11.6 Å². The fourth-order valence-corrected chi connectivity index (χ4v) is 3.37. The first-order valence-electron chi connectivity index (χ1n) is 9.94. The van der Waals surface area contributed by atoms with Crippen molar-refractivity contribution in [2.24, 2.45) is 5.92 Å². The van der Waals surface area contributed by atoms with Crippen LogP contribution in [0.4, 0.5) is 5.69 Å². The summed E-state index contributed by atoms with van der Waals surface area (Å²) in [5, 5.41) is 12.1. The third-order valence-corrected chi connectivity index (χ3v) is 4.64. The highest BCUT2D eigenvalue weighted by Crippen LogP contribution is 2.20. The van der Waals surface area contributed by atoms with Crippen molar-refractivity contribution in [3.63, 3.8) is 0 Å². The van der Waals surface area contributed by atoms with E-state index in [0.717, 1.165) is 34.6 Å². The second kappa shape index (κ2) is 9.93. The lowest BCUT2D eigenvalue weighted by atomic mass is 10.1. The third-order valence-electron chi connectivity index (χ3n) is 4.64. The minimum atomic E-state index is -0.818. The standard InChI is InChI=1S/C24H29N3O3/c1-15(2)13-27-18(5)10-20(19(27)6)11-21(12-25)24(29)30-14-23(28)26-22-8-16(3)7-17(4)9-22/h7-11,15H,13-14H2,1-6H3,(H,26,28)/b21-11+. The number of amides is 1.